The summed E-state index contributed by atoms with van der Waals surface area (Å²) in [7, 11) is -5.34. The highest BCUT2D eigenvalue weighted by Crippen LogP contribution is 2.18. The summed E-state index contributed by atoms with van der Waals surface area (Å²) in [5.74, 6) is 0. The predicted octanol–water partition coefficient (Wildman–Crippen LogP) is 1.60. The zero-order chi connectivity index (χ0) is 10.4. The predicted molar refractivity (Wildman–Crippen MR) is 39.7 cm³/mol. The Morgan fingerprint density at radius 3 is 1.33 bits per heavy atom. The van der Waals surface area contributed by atoms with Gasteiger partial charge < -0.3 is 0 Å². The lowest BCUT2D eigenvalue weighted by atomic mass is 10.4. The Bertz CT molecular complexity index is 195. The smallest absolute Gasteiger partial charge is 0.221 e. The number of rotatable bonds is 1. The van der Waals surface area contributed by atoms with Gasteiger partial charge in [-0.2, -0.15) is 13.2 Å². The van der Waals surface area contributed by atoms with E-state index in [1.54, 1.807) is 0 Å². The molecule has 0 rings (SSSR count). The summed E-state index contributed by atoms with van der Waals surface area (Å²) in [6.45, 7) is 4.36. The molecule has 0 unspecified atom stereocenters. The van der Waals surface area contributed by atoms with Gasteiger partial charge in [-0.25, -0.2) is 13.6 Å². The second-order valence-corrected chi connectivity index (χ2v) is 3.54. The van der Waals surface area contributed by atoms with Crippen molar-refractivity contribution in [1.29, 1.82) is 0 Å². The second kappa shape index (κ2) is 5.36. The van der Waals surface area contributed by atoms with Crippen molar-refractivity contribution in [3.63, 3.8) is 0 Å². The number of sulfonamides is 1. The van der Waals surface area contributed by atoms with Crippen LogP contribution in [-0.4, -0.2) is 13.9 Å². The SMILES string of the molecule is CCCC.NS(=O)(=O)C(F)(F)F. The number of primary sulfonamides is 1. The highest BCUT2D eigenvalue weighted by molar-refractivity contribution is 7.90. The van der Waals surface area contributed by atoms with E-state index < -0.39 is 15.5 Å². The van der Waals surface area contributed by atoms with E-state index in [1.165, 1.54) is 12.8 Å². The zero-order valence-corrected chi connectivity index (χ0v) is 7.67. The number of hydrogen-bond donors (Lipinski definition) is 1. The molecule has 0 aromatic carbocycles. The molecule has 0 spiro atoms. The quantitative estimate of drug-likeness (QED) is 0.709. The minimum atomic E-state index is -5.34. The van der Waals surface area contributed by atoms with E-state index in [2.05, 4.69) is 19.0 Å². The van der Waals surface area contributed by atoms with E-state index in [-0.39, 0.29) is 0 Å². The van der Waals surface area contributed by atoms with Crippen LogP contribution in [-0.2, 0) is 10.0 Å². The molecule has 0 aliphatic rings. The molecule has 0 saturated heterocycles. The van der Waals surface area contributed by atoms with Crippen molar-refractivity contribution >= 4 is 10.0 Å². The Hall–Kier alpha value is -0.300. The first kappa shape index (κ1) is 14.2. The lowest BCUT2D eigenvalue weighted by Crippen LogP contribution is -2.30. The van der Waals surface area contributed by atoms with E-state index in [1.807, 2.05) is 0 Å². The number of alkyl halides is 3. The van der Waals surface area contributed by atoms with Gasteiger partial charge in [0.1, 0.15) is 0 Å². The number of nitrogens with two attached hydrogens (primary N) is 1. The molecule has 0 fully saturated rings. The minimum Gasteiger partial charge on any atom is -0.221 e. The van der Waals surface area contributed by atoms with Crippen LogP contribution in [0.5, 0.6) is 0 Å². The minimum absolute atomic E-state index is 1.32. The standard InChI is InChI=1S/C4H10.CH2F3NO2S/c1-3-4-2;2-1(3,4)8(5,6)7/h3-4H2,1-2H3;(H2,5,6,7). The monoisotopic (exact) mass is 207 g/mol. The van der Waals surface area contributed by atoms with Gasteiger partial charge in [0.05, 0.1) is 0 Å². The van der Waals surface area contributed by atoms with Crippen LogP contribution in [0.1, 0.15) is 26.7 Å². The van der Waals surface area contributed by atoms with E-state index in [0.29, 0.717) is 0 Å². The molecular formula is C5H12F3NO2S. The number of unbranched alkanes of at least 4 members (excludes halogenated alkanes) is 1. The Morgan fingerprint density at radius 2 is 1.33 bits per heavy atom. The highest BCUT2D eigenvalue weighted by Gasteiger charge is 2.42. The Labute approximate surface area is 69.8 Å². The molecule has 0 aromatic rings. The first-order valence-electron chi connectivity index (χ1n) is 3.25. The lowest BCUT2D eigenvalue weighted by molar-refractivity contribution is -0.0436. The molecule has 0 aliphatic heterocycles. The molecule has 2 N–H and O–H groups in total. The summed E-state index contributed by atoms with van der Waals surface area (Å²) < 4.78 is 51.2. The van der Waals surface area contributed by atoms with Crippen LogP contribution < -0.4 is 5.14 Å². The fraction of sp³-hybridized carbons (Fsp3) is 1.00. The van der Waals surface area contributed by atoms with Crippen molar-refractivity contribution in [2.45, 2.75) is 32.2 Å². The highest BCUT2D eigenvalue weighted by atomic mass is 32.2. The van der Waals surface area contributed by atoms with E-state index in [4.69, 9.17) is 0 Å². The van der Waals surface area contributed by atoms with Crippen molar-refractivity contribution in [1.82, 2.24) is 0 Å². The third kappa shape index (κ3) is 7.80. The molecular weight excluding hydrogens is 195 g/mol. The van der Waals surface area contributed by atoms with Gasteiger partial charge in [0, 0.05) is 0 Å². The van der Waals surface area contributed by atoms with Crippen molar-refractivity contribution in [3.05, 3.63) is 0 Å². The average molecular weight is 207 g/mol. The molecule has 0 bridgehead atoms. The van der Waals surface area contributed by atoms with Gasteiger partial charge >= 0.3 is 15.5 Å². The van der Waals surface area contributed by atoms with E-state index in [9.17, 15) is 21.6 Å². The van der Waals surface area contributed by atoms with E-state index >= 15 is 0 Å². The Morgan fingerprint density at radius 1 is 1.17 bits per heavy atom. The largest absolute Gasteiger partial charge is 0.511 e. The molecule has 12 heavy (non-hydrogen) atoms. The summed E-state index contributed by atoms with van der Waals surface area (Å²) in [5, 5.41) is 3.66. The van der Waals surface area contributed by atoms with Crippen molar-refractivity contribution < 1.29 is 21.6 Å². The fourth-order valence-corrected chi connectivity index (χ4v) is 0. The van der Waals surface area contributed by atoms with Crippen LogP contribution in [0.2, 0.25) is 0 Å². The topological polar surface area (TPSA) is 60.2 Å². The molecule has 0 heterocycles. The molecule has 0 aliphatic carbocycles. The Kier molecular flexibility index (Phi) is 6.36. The molecule has 3 nitrogen and oxygen atoms in total. The number of halogens is 3. The molecule has 0 radical (unpaired) electrons. The summed E-state index contributed by atoms with van der Waals surface area (Å²) in [4.78, 5) is 0. The third-order valence-corrected chi connectivity index (χ3v) is 1.47. The number of hydrogen-bond acceptors (Lipinski definition) is 2. The maximum atomic E-state index is 10.8. The van der Waals surface area contributed by atoms with Gasteiger partial charge in [0.25, 0.3) is 0 Å². The second-order valence-electron chi connectivity index (χ2n) is 1.99. The van der Waals surface area contributed by atoms with Crippen LogP contribution in [0.15, 0.2) is 0 Å². The van der Waals surface area contributed by atoms with Gasteiger partial charge in [-0.1, -0.05) is 26.7 Å². The molecule has 0 atom stereocenters. The third-order valence-electron chi connectivity index (χ3n) is 0.823. The molecule has 0 amide bonds. The van der Waals surface area contributed by atoms with Crippen molar-refractivity contribution in [2.24, 2.45) is 5.14 Å². The van der Waals surface area contributed by atoms with Gasteiger partial charge in [-0.3, -0.25) is 0 Å². The van der Waals surface area contributed by atoms with Crippen LogP contribution >= 0.6 is 0 Å². The van der Waals surface area contributed by atoms with Crippen LogP contribution in [0.25, 0.3) is 0 Å². The maximum absolute atomic E-state index is 10.8. The Balaban J connectivity index is 0. The van der Waals surface area contributed by atoms with Crippen molar-refractivity contribution in [3.8, 4) is 0 Å². The lowest BCUT2D eigenvalue weighted by Gasteiger charge is -1.98. The van der Waals surface area contributed by atoms with Gasteiger partial charge in [0.15, 0.2) is 0 Å². The van der Waals surface area contributed by atoms with Gasteiger partial charge in [-0.15, -0.1) is 0 Å². The average Bonchev–Trinajstić information content (AvgIpc) is 1.84. The summed E-state index contributed by atoms with van der Waals surface area (Å²) in [6, 6.07) is 0. The normalized spacial score (nSPS) is 11.8. The van der Waals surface area contributed by atoms with Crippen LogP contribution in [0.4, 0.5) is 13.2 Å². The van der Waals surface area contributed by atoms with Gasteiger partial charge in [-0.05, 0) is 0 Å². The summed E-state index contributed by atoms with van der Waals surface area (Å²) in [5.41, 5.74) is -5.31. The van der Waals surface area contributed by atoms with E-state index in [0.717, 1.165) is 0 Å². The summed E-state index contributed by atoms with van der Waals surface area (Å²) in [6.07, 6.45) is 2.64. The molecule has 76 valence electrons. The zero-order valence-electron chi connectivity index (χ0n) is 6.85. The molecule has 0 aromatic heterocycles. The van der Waals surface area contributed by atoms with Crippen LogP contribution in [0.3, 0.4) is 0 Å². The molecule has 0 saturated carbocycles. The maximum Gasteiger partial charge on any atom is 0.511 e. The summed E-state index contributed by atoms with van der Waals surface area (Å²) >= 11 is 0. The first-order valence-corrected chi connectivity index (χ1v) is 4.80. The van der Waals surface area contributed by atoms with Gasteiger partial charge in [0.2, 0.25) is 0 Å². The van der Waals surface area contributed by atoms with Crippen molar-refractivity contribution in [2.75, 3.05) is 0 Å². The first-order chi connectivity index (χ1) is 5.16. The molecule has 7 heteroatoms. The van der Waals surface area contributed by atoms with Crippen LogP contribution in [0, 0.1) is 0 Å². The fourth-order valence-electron chi connectivity index (χ4n) is 0.